The Kier molecular flexibility index (Phi) is 1.73. The molecule has 0 unspecified atom stereocenters. The van der Waals surface area contributed by atoms with Crippen molar-refractivity contribution >= 4 is 0 Å². The molecule has 1 aromatic rings. The van der Waals surface area contributed by atoms with Gasteiger partial charge in [0.15, 0.2) is 0 Å². The van der Waals surface area contributed by atoms with E-state index in [1.54, 1.807) is 13.2 Å². The third-order valence-corrected chi connectivity index (χ3v) is 1.98. The molecular formula is C9H10FNO. The Labute approximate surface area is 70.3 Å². The fraction of sp³-hybridized carbons (Fsp3) is 0.333. The summed E-state index contributed by atoms with van der Waals surface area (Å²) in [6, 6.07) is 4.99. The van der Waals surface area contributed by atoms with Gasteiger partial charge in [-0.1, -0.05) is 6.07 Å². The molecular weight excluding hydrogens is 157 g/mol. The van der Waals surface area contributed by atoms with Crippen molar-refractivity contribution in [3.63, 3.8) is 0 Å². The molecule has 1 fully saturated rings. The van der Waals surface area contributed by atoms with Gasteiger partial charge in [0.2, 0.25) is 0 Å². The van der Waals surface area contributed by atoms with Crippen LogP contribution in [0.4, 0.5) is 4.39 Å². The first-order chi connectivity index (χ1) is 5.81. The van der Waals surface area contributed by atoms with Crippen LogP contribution in [0.3, 0.4) is 0 Å². The third kappa shape index (κ3) is 1.28. The molecule has 3 heteroatoms. The van der Waals surface area contributed by atoms with Gasteiger partial charge in [-0.25, -0.2) is 4.39 Å². The van der Waals surface area contributed by atoms with E-state index in [0.717, 1.165) is 12.1 Å². The molecule has 0 spiro atoms. The largest absolute Gasteiger partial charge is 0.496 e. The van der Waals surface area contributed by atoms with Crippen molar-refractivity contribution in [2.24, 2.45) is 0 Å². The average Bonchev–Trinajstić information content (AvgIpc) is 2.87. The van der Waals surface area contributed by atoms with Gasteiger partial charge in [0.1, 0.15) is 11.6 Å². The summed E-state index contributed by atoms with van der Waals surface area (Å²) in [5.74, 6) is 0.376. The molecule has 1 saturated heterocycles. The van der Waals surface area contributed by atoms with Crippen molar-refractivity contribution in [1.82, 2.24) is 5.32 Å². The van der Waals surface area contributed by atoms with Gasteiger partial charge in [-0.15, -0.1) is 0 Å². The molecule has 1 N–H and O–H groups in total. The van der Waals surface area contributed by atoms with Crippen molar-refractivity contribution in [2.75, 3.05) is 13.7 Å². The lowest BCUT2D eigenvalue weighted by Gasteiger charge is -2.05. The number of halogens is 1. The number of ether oxygens (including phenoxy) is 1. The monoisotopic (exact) mass is 167 g/mol. The summed E-state index contributed by atoms with van der Waals surface area (Å²) in [7, 11) is 1.56. The van der Waals surface area contributed by atoms with Gasteiger partial charge >= 0.3 is 0 Å². The molecule has 12 heavy (non-hydrogen) atoms. The van der Waals surface area contributed by atoms with Gasteiger partial charge in [-0.05, 0) is 6.07 Å². The van der Waals surface area contributed by atoms with Gasteiger partial charge in [-0.2, -0.15) is 0 Å². The predicted octanol–water partition coefficient (Wildman–Crippen LogP) is 1.48. The molecule has 0 amide bonds. The number of benzene rings is 1. The number of rotatable bonds is 2. The maximum absolute atomic E-state index is 12.7. The maximum Gasteiger partial charge on any atom is 0.126 e. The standard InChI is InChI=1S/C9H10FNO/c1-12-9-4-6(10)2-3-7(9)8-5-11-8/h2-4,8,11H,5H2,1H3/t8-/m1/s1. The normalized spacial score (nSPS) is 20.7. The molecule has 1 heterocycles. The Bertz CT molecular complexity index is 297. The summed E-state index contributed by atoms with van der Waals surface area (Å²) in [5.41, 5.74) is 1.04. The molecule has 0 aromatic heterocycles. The summed E-state index contributed by atoms with van der Waals surface area (Å²) < 4.78 is 17.8. The molecule has 1 aliphatic heterocycles. The second kappa shape index (κ2) is 2.75. The summed E-state index contributed by atoms with van der Waals surface area (Å²) >= 11 is 0. The van der Waals surface area contributed by atoms with Crippen LogP contribution in [0.5, 0.6) is 5.75 Å². The van der Waals surface area contributed by atoms with Crippen molar-refractivity contribution < 1.29 is 9.13 Å². The first-order valence-corrected chi connectivity index (χ1v) is 3.88. The van der Waals surface area contributed by atoms with Crippen LogP contribution in [0.15, 0.2) is 18.2 Å². The van der Waals surface area contributed by atoms with Gasteiger partial charge < -0.3 is 10.1 Å². The molecule has 0 bridgehead atoms. The maximum atomic E-state index is 12.7. The molecule has 1 atom stereocenters. The zero-order valence-electron chi connectivity index (χ0n) is 6.80. The third-order valence-electron chi connectivity index (χ3n) is 1.98. The number of hydrogen-bond acceptors (Lipinski definition) is 2. The fourth-order valence-corrected chi connectivity index (χ4v) is 1.25. The van der Waals surface area contributed by atoms with Gasteiger partial charge in [0, 0.05) is 24.2 Å². The highest BCUT2D eigenvalue weighted by molar-refractivity contribution is 5.38. The van der Waals surface area contributed by atoms with Crippen LogP contribution in [0.2, 0.25) is 0 Å². The summed E-state index contributed by atoms with van der Waals surface area (Å²) in [6.45, 7) is 0.960. The summed E-state index contributed by atoms with van der Waals surface area (Å²) in [5, 5.41) is 3.14. The predicted molar refractivity (Wildman–Crippen MR) is 43.7 cm³/mol. The molecule has 64 valence electrons. The minimum atomic E-state index is -0.253. The first kappa shape index (κ1) is 7.55. The Balaban J connectivity index is 2.38. The van der Waals surface area contributed by atoms with E-state index >= 15 is 0 Å². The van der Waals surface area contributed by atoms with Crippen LogP contribution in [0.1, 0.15) is 11.6 Å². The molecule has 2 rings (SSSR count). The summed E-state index contributed by atoms with van der Waals surface area (Å²) in [6.07, 6.45) is 0. The zero-order chi connectivity index (χ0) is 8.55. The SMILES string of the molecule is COc1cc(F)ccc1[C@H]1CN1. The van der Waals surface area contributed by atoms with Crippen LogP contribution in [-0.4, -0.2) is 13.7 Å². The molecule has 1 aromatic carbocycles. The van der Waals surface area contributed by atoms with E-state index in [1.807, 2.05) is 0 Å². The summed E-state index contributed by atoms with van der Waals surface area (Å²) in [4.78, 5) is 0. The second-order valence-corrected chi connectivity index (χ2v) is 2.85. The van der Waals surface area contributed by atoms with E-state index in [2.05, 4.69) is 5.32 Å². The minimum absolute atomic E-state index is 0.253. The Morgan fingerprint density at radius 1 is 1.58 bits per heavy atom. The fourth-order valence-electron chi connectivity index (χ4n) is 1.25. The topological polar surface area (TPSA) is 31.2 Å². The van der Waals surface area contributed by atoms with E-state index in [4.69, 9.17) is 4.74 Å². The van der Waals surface area contributed by atoms with E-state index in [0.29, 0.717) is 11.8 Å². The minimum Gasteiger partial charge on any atom is -0.496 e. The van der Waals surface area contributed by atoms with E-state index in [1.165, 1.54) is 12.1 Å². The number of hydrogen-bond donors (Lipinski definition) is 1. The molecule has 0 aliphatic carbocycles. The Morgan fingerprint density at radius 3 is 2.92 bits per heavy atom. The average molecular weight is 167 g/mol. The highest BCUT2D eigenvalue weighted by Crippen LogP contribution is 2.30. The van der Waals surface area contributed by atoms with Crippen molar-refractivity contribution in [2.45, 2.75) is 6.04 Å². The van der Waals surface area contributed by atoms with Crippen LogP contribution < -0.4 is 10.1 Å². The smallest absolute Gasteiger partial charge is 0.126 e. The van der Waals surface area contributed by atoms with Crippen molar-refractivity contribution in [3.8, 4) is 5.75 Å². The Morgan fingerprint density at radius 2 is 2.33 bits per heavy atom. The van der Waals surface area contributed by atoms with Gasteiger partial charge in [0.25, 0.3) is 0 Å². The molecule has 2 nitrogen and oxygen atoms in total. The van der Waals surface area contributed by atoms with Gasteiger partial charge in [0.05, 0.1) is 7.11 Å². The lowest BCUT2D eigenvalue weighted by atomic mass is 10.1. The van der Waals surface area contributed by atoms with Crippen molar-refractivity contribution in [3.05, 3.63) is 29.6 Å². The number of methoxy groups -OCH3 is 1. The lowest BCUT2D eigenvalue weighted by Crippen LogP contribution is -1.92. The van der Waals surface area contributed by atoms with Crippen LogP contribution in [0, 0.1) is 5.82 Å². The molecule has 0 radical (unpaired) electrons. The van der Waals surface area contributed by atoms with Crippen LogP contribution in [-0.2, 0) is 0 Å². The van der Waals surface area contributed by atoms with Crippen LogP contribution in [0.25, 0.3) is 0 Å². The lowest BCUT2D eigenvalue weighted by molar-refractivity contribution is 0.406. The molecule has 0 saturated carbocycles. The quantitative estimate of drug-likeness (QED) is 0.676. The van der Waals surface area contributed by atoms with E-state index in [-0.39, 0.29) is 5.82 Å². The highest BCUT2D eigenvalue weighted by Gasteiger charge is 2.25. The number of nitrogens with one attached hydrogen (secondary N) is 1. The second-order valence-electron chi connectivity index (χ2n) is 2.85. The van der Waals surface area contributed by atoms with Crippen LogP contribution >= 0.6 is 0 Å². The highest BCUT2D eigenvalue weighted by atomic mass is 19.1. The Hall–Kier alpha value is -1.09. The zero-order valence-corrected chi connectivity index (χ0v) is 6.80. The van der Waals surface area contributed by atoms with E-state index < -0.39 is 0 Å². The molecule has 1 aliphatic rings. The first-order valence-electron chi connectivity index (χ1n) is 3.88. The van der Waals surface area contributed by atoms with Gasteiger partial charge in [-0.3, -0.25) is 0 Å². The van der Waals surface area contributed by atoms with Crippen molar-refractivity contribution in [1.29, 1.82) is 0 Å². The van der Waals surface area contributed by atoms with E-state index in [9.17, 15) is 4.39 Å².